The van der Waals surface area contributed by atoms with Gasteiger partial charge in [0.15, 0.2) is 0 Å². The van der Waals surface area contributed by atoms with E-state index in [-0.39, 0.29) is 5.92 Å². The fraction of sp³-hybridized carbons (Fsp3) is 0.632. The van der Waals surface area contributed by atoms with Crippen molar-refractivity contribution < 1.29 is 4.79 Å². The maximum Gasteiger partial charge on any atom is 0.226 e. The number of rotatable bonds is 4. The van der Waals surface area contributed by atoms with Gasteiger partial charge in [0.2, 0.25) is 5.91 Å². The summed E-state index contributed by atoms with van der Waals surface area (Å²) in [4.78, 5) is 17.2. The number of carbonyl (C=O) groups is 1. The molecule has 1 N–H and O–H groups in total. The van der Waals surface area contributed by atoms with Crippen molar-refractivity contribution in [2.45, 2.75) is 38.3 Å². The van der Waals surface area contributed by atoms with E-state index in [9.17, 15) is 4.79 Å². The molecule has 0 bridgehead atoms. The quantitative estimate of drug-likeness (QED) is 0.924. The van der Waals surface area contributed by atoms with Crippen LogP contribution in [0, 0.1) is 5.92 Å². The predicted octanol–water partition coefficient (Wildman–Crippen LogP) is 2.11. The Balaban J connectivity index is 1.47. The van der Waals surface area contributed by atoms with Gasteiger partial charge in [0, 0.05) is 39.3 Å². The molecule has 2 aliphatic heterocycles. The van der Waals surface area contributed by atoms with Gasteiger partial charge in [-0.05, 0) is 37.8 Å². The largest absolute Gasteiger partial charge is 0.342 e. The van der Waals surface area contributed by atoms with E-state index in [1.165, 1.54) is 5.56 Å². The van der Waals surface area contributed by atoms with Crippen LogP contribution in [0.15, 0.2) is 30.3 Å². The van der Waals surface area contributed by atoms with Crippen molar-refractivity contribution in [2.75, 3.05) is 33.2 Å². The first-order chi connectivity index (χ1) is 11.2. The van der Waals surface area contributed by atoms with Crippen LogP contribution in [-0.2, 0) is 11.3 Å². The first-order valence-electron chi connectivity index (χ1n) is 8.97. The fourth-order valence-corrected chi connectivity index (χ4v) is 3.84. The third-order valence-corrected chi connectivity index (χ3v) is 5.35. The predicted molar refractivity (Wildman–Crippen MR) is 93.1 cm³/mol. The number of amides is 1. The Labute approximate surface area is 139 Å². The molecule has 1 amide bonds. The van der Waals surface area contributed by atoms with Crippen molar-refractivity contribution in [3.63, 3.8) is 0 Å². The Hall–Kier alpha value is -1.39. The minimum absolute atomic E-state index is 0.191. The molecule has 0 aromatic heterocycles. The Morgan fingerprint density at radius 3 is 2.61 bits per heavy atom. The molecule has 23 heavy (non-hydrogen) atoms. The standard InChI is InChI=1S/C19H29N3O/c1-21(19(23)17-8-5-11-20-14-17)18-9-12-22(13-10-18)15-16-6-3-2-4-7-16/h2-4,6-7,17-18,20H,5,8-15H2,1H3. The van der Waals surface area contributed by atoms with Crippen molar-refractivity contribution in [3.05, 3.63) is 35.9 Å². The van der Waals surface area contributed by atoms with Gasteiger partial charge in [0.1, 0.15) is 0 Å². The molecular weight excluding hydrogens is 286 g/mol. The molecular formula is C19H29N3O. The maximum atomic E-state index is 12.6. The molecule has 126 valence electrons. The third kappa shape index (κ3) is 4.33. The van der Waals surface area contributed by atoms with Gasteiger partial charge in [-0.1, -0.05) is 30.3 Å². The summed E-state index contributed by atoms with van der Waals surface area (Å²) in [7, 11) is 2.01. The van der Waals surface area contributed by atoms with E-state index in [4.69, 9.17) is 0 Å². The summed E-state index contributed by atoms with van der Waals surface area (Å²) < 4.78 is 0. The average molecular weight is 315 g/mol. The lowest BCUT2D eigenvalue weighted by Crippen LogP contribution is -2.49. The summed E-state index contributed by atoms with van der Waals surface area (Å²) in [6, 6.07) is 11.1. The Bertz CT molecular complexity index is 491. The maximum absolute atomic E-state index is 12.6. The Morgan fingerprint density at radius 2 is 1.96 bits per heavy atom. The van der Waals surface area contributed by atoms with Crippen LogP contribution in [0.4, 0.5) is 0 Å². The number of carbonyl (C=O) groups excluding carboxylic acids is 1. The molecule has 2 fully saturated rings. The van der Waals surface area contributed by atoms with Crippen molar-refractivity contribution >= 4 is 5.91 Å². The van der Waals surface area contributed by atoms with Crippen LogP contribution in [0.3, 0.4) is 0 Å². The van der Waals surface area contributed by atoms with Crippen LogP contribution in [0.25, 0.3) is 0 Å². The number of hydrogen-bond donors (Lipinski definition) is 1. The first-order valence-corrected chi connectivity index (χ1v) is 8.97. The zero-order valence-electron chi connectivity index (χ0n) is 14.2. The summed E-state index contributed by atoms with van der Waals surface area (Å²) in [6.45, 7) is 5.11. The summed E-state index contributed by atoms with van der Waals surface area (Å²) in [6.07, 6.45) is 4.35. The van der Waals surface area contributed by atoms with E-state index in [2.05, 4.69) is 40.5 Å². The number of hydrogen-bond acceptors (Lipinski definition) is 3. The van der Waals surface area contributed by atoms with Crippen molar-refractivity contribution in [2.24, 2.45) is 5.92 Å². The van der Waals surface area contributed by atoms with E-state index in [0.29, 0.717) is 11.9 Å². The molecule has 0 spiro atoms. The van der Waals surface area contributed by atoms with E-state index in [1.807, 2.05) is 11.9 Å². The highest BCUT2D eigenvalue weighted by atomic mass is 16.2. The Kier molecular flexibility index (Phi) is 5.68. The van der Waals surface area contributed by atoms with Crippen LogP contribution < -0.4 is 5.32 Å². The lowest BCUT2D eigenvalue weighted by atomic mass is 9.96. The molecule has 2 aliphatic rings. The van der Waals surface area contributed by atoms with Gasteiger partial charge in [-0.25, -0.2) is 0 Å². The zero-order chi connectivity index (χ0) is 16.1. The average Bonchev–Trinajstić information content (AvgIpc) is 2.63. The van der Waals surface area contributed by atoms with Crippen LogP contribution in [0.5, 0.6) is 0 Å². The number of piperidine rings is 2. The van der Waals surface area contributed by atoms with Crippen LogP contribution in [0.1, 0.15) is 31.2 Å². The van der Waals surface area contributed by atoms with Crippen LogP contribution in [-0.4, -0.2) is 55.0 Å². The van der Waals surface area contributed by atoms with E-state index in [1.54, 1.807) is 0 Å². The highest BCUT2D eigenvalue weighted by Crippen LogP contribution is 2.21. The second kappa shape index (κ2) is 7.93. The normalized spacial score (nSPS) is 23.6. The van der Waals surface area contributed by atoms with E-state index in [0.717, 1.165) is 58.4 Å². The van der Waals surface area contributed by atoms with E-state index < -0.39 is 0 Å². The highest BCUT2D eigenvalue weighted by Gasteiger charge is 2.30. The van der Waals surface area contributed by atoms with Crippen molar-refractivity contribution in [1.82, 2.24) is 15.1 Å². The topological polar surface area (TPSA) is 35.6 Å². The first kappa shape index (κ1) is 16.5. The number of nitrogens with zero attached hydrogens (tertiary/aromatic N) is 2. The fourth-order valence-electron chi connectivity index (χ4n) is 3.84. The molecule has 1 unspecified atom stereocenters. The monoisotopic (exact) mass is 315 g/mol. The summed E-state index contributed by atoms with van der Waals surface area (Å²) in [5.41, 5.74) is 1.38. The molecule has 3 rings (SSSR count). The molecule has 0 radical (unpaired) electrons. The third-order valence-electron chi connectivity index (χ3n) is 5.35. The molecule has 4 nitrogen and oxygen atoms in total. The number of likely N-dealkylation sites (tertiary alicyclic amines) is 1. The number of benzene rings is 1. The van der Waals surface area contributed by atoms with E-state index >= 15 is 0 Å². The second-order valence-corrected chi connectivity index (χ2v) is 6.99. The summed E-state index contributed by atoms with van der Waals surface area (Å²) >= 11 is 0. The lowest BCUT2D eigenvalue weighted by molar-refractivity contribution is -0.137. The molecule has 1 aromatic rings. The van der Waals surface area contributed by atoms with Gasteiger partial charge in [-0.3, -0.25) is 9.69 Å². The van der Waals surface area contributed by atoms with Gasteiger partial charge in [0.05, 0.1) is 5.92 Å². The molecule has 2 heterocycles. The van der Waals surface area contributed by atoms with Gasteiger partial charge >= 0.3 is 0 Å². The van der Waals surface area contributed by atoms with Crippen molar-refractivity contribution in [1.29, 1.82) is 0 Å². The smallest absolute Gasteiger partial charge is 0.226 e. The second-order valence-electron chi connectivity index (χ2n) is 6.99. The molecule has 0 saturated carbocycles. The van der Waals surface area contributed by atoms with Crippen molar-refractivity contribution in [3.8, 4) is 0 Å². The van der Waals surface area contributed by atoms with Gasteiger partial charge < -0.3 is 10.2 Å². The minimum atomic E-state index is 0.191. The molecule has 1 atom stereocenters. The minimum Gasteiger partial charge on any atom is -0.342 e. The summed E-state index contributed by atoms with van der Waals surface area (Å²) in [5.74, 6) is 0.537. The van der Waals surface area contributed by atoms with Crippen LogP contribution >= 0.6 is 0 Å². The van der Waals surface area contributed by atoms with Crippen LogP contribution in [0.2, 0.25) is 0 Å². The lowest BCUT2D eigenvalue weighted by Gasteiger charge is -2.38. The molecule has 0 aliphatic carbocycles. The molecule has 2 saturated heterocycles. The molecule has 1 aromatic carbocycles. The number of nitrogens with one attached hydrogen (secondary N) is 1. The highest BCUT2D eigenvalue weighted by molar-refractivity contribution is 5.79. The van der Waals surface area contributed by atoms with Gasteiger partial charge in [-0.2, -0.15) is 0 Å². The summed E-state index contributed by atoms with van der Waals surface area (Å²) in [5, 5.41) is 3.35. The zero-order valence-corrected chi connectivity index (χ0v) is 14.2. The van der Waals surface area contributed by atoms with Gasteiger partial charge in [-0.15, -0.1) is 0 Å². The Morgan fingerprint density at radius 1 is 1.22 bits per heavy atom. The SMILES string of the molecule is CN(C(=O)C1CCCNC1)C1CCN(Cc2ccccc2)CC1. The molecule has 4 heteroatoms. The van der Waals surface area contributed by atoms with Gasteiger partial charge in [0.25, 0.3) is 0 Å².